The Bertz CT molecular complexity index is 366. The SMILES string of the molecule is CCOC(=O)C1COCN1Cc1ccccc1. The molecule has 4 heteroatoms. The third kappa shape index (κ3) is 3.05. The molecule has 1 atom stereocenters. The summed E-state index contributed by atoms with van der Waals surface area (Å²) in [7, 11) is 0. The first-order valence-corrected chi connectivity index (χ1v) is 5.83. The molecule has 0 bridgehead atoms. The Morgan fingerprint density at radius 3 is 2.94 bits per heavy atom. The number of nitrogens with zero attached hydrogens (tertiary/aromatic N) is 1. The van der Waals surface area contributed by atoms with E-state index < -0.39 is 0 Å². The highest BCUT2D eigenvalue weighted by molar-refractivity contribution is 5.76. The van der Waals surface area contributed by atoms with Crippen LogP contribution in [0.15, 0.2) is 30.3 Å². The highest BCUT2D eigenvalue weighted by Gasteiger charge is 2.32. The Kier molecular flexibility index (Phi) is 4.12. The molecule has 1 fully saturated rings. The first kappa shape index (κ1) is 12.1. The van der Waals surface area contributed by atoms with Crippen LogP contribution >= 0.6 is 0 Å². The largest absolute Gasteiger partial charge is 0.465 e. The van der Waals surface area contributed by atoms with Crippen molar-refractivity contribution in [1.29, 1.82) is 0 Å². The summed E-state index contributed by atoms with van der Waals surface area (Å²) in [5, 5.41) is 0. The molecule has 92 valence electrons. The number of hydrogen-bond donors (Lipinski definition) is 0. The maximum absolute atomic E-state index is 11.7. The van der Waals surface area contributed by atoms with Crippen molar-refractivity contribution in [3.8, 4) is 0 Å². The molecule has 0 radical (unpaired) electrons. The van der Waals surface area contributed by atoms with Gasteiger partial charge in [0.1, 0.15) is 12.8 Å². The van der Waals surface area contributed by atoms with Crippen LogP contribution in [0.4, 0.5) is 0 Å². The summed E-state index contributed by atoms with van der Waals surface area (Å²) in [5.74, 6) is -0.194. The molecule has 1 heterocycles. The zero-order valence-electron chi connectivity index (χ0n) is 9.96. The molecule has 2 rings (SSSR count). The van der Waals surface area contributed by atoms with E-state index in [0.29, 0.717) is 26.5 Å². The molecule has 0 amide bonds. The molecule has 1 saturated heterocycles. The highest BCUT2D eigenvalue weighted by Crippen LogP contribution is 2.15. The summed E-state index contributed by atoms with van der Waals surface area (Å²) < 4.78 is 10.4. The summed E-state index contributed by atoms with van der Waals surface area (Å²) >= 11 is 0. The molecule has 0 spiro atoms. The number of carbonyl (C=O) groups excluding carboxylic acids is 1. The topological polar surface area (TPSA) is 38.8 Å². The summed E-state index contributed by atoms with van der Waals surface area (Å²) in [4.78, 5) is 13.7. The van der Waals surface area contributed by atoms with E-state index in [0.717, 1.165) is 0 Å². The normalized spacial score (nSPS) is 20.4. The van der Waals surface area contributed by atoms with Gasteiger partial charge in [-0.1, -0.05) is 30.3 Å². The second-order valence-electron chi connectivity index (χ2n) is 4.00. The van der Waals surface area contributed by atoms with Gasteiger partial charge in [0, 0.05) is 6.54 Å². The second-order valence-corrected chi connectivity index (χ2v) is 4.00. The van der Waals surface area contributed by atoms with E-state index in [-0.39, 0.29) is 12.0 Å². The summed E-state index contributed by atoms with van der Waals surface area (Å²) in [6.07, 6.45) is 0. The number of esters is 1. The van der Waals surface area contributed by atoms with Crippen molar-refractivity contribution in [3.63, 3.8) is 0 Å². The fourth-order valence-corrected chi connectivity index (χ4v) is 1.91. The molecule has 1 unspecified atom stereocenters. The van der Waals surface area contributed by atoms with Crippen LogP contribution in [0.1, 0.15) is 12.5 Å². The van der Waals surface area contributed by atoms with Gasteiger partial charge in [0.05, 0.1) is 13.2 Å². The number of hydrogen-bond acceptors (Lipinski definition) is 4. The van der Waals surface area contributed by atoms with E-state index in [1.807, 2.05) is 42.2 Å². The molecular weight excluding hydrogens is 218 g/mol. The van der Waals surface area contributed by atoms with E-state index in [1.165, 1.54) is 5.56 Å². The highest BCUT2D eigenvalue weighted by atomic mass is 16.5. The maximum Gasteiger partial charge on any atom is 0.325 e. The number of rotatable bonds is 4. The Hall–Kier alpha value is -1.39. The second kappa shape index (κ2) is 5.80. The molecule has 4 nitrogen and oxygen atoms in total. The minimum Gasteiger partial charge on any atom is -0.465 e. The fourth-order valence-electron chi connectivity index (χ4n) is 1.91. The Morgan fingerprint density at radius 2 is 2.24 bits per heavy atom. The predicted molar refractivity (Wildman–Crippen MR) is 63.2 cm³/mol. The van der Waals surface area contributed by atoms with Gasteiger partial charge in [0.15, 0.2) is 0 Å². The Labute approximate surface area is 101 Å². The standard InChI is InChI=1S/C13H17NO3/c1-2-17-13(15)12-9-16-10-14(12)8-11-6-4-3-5-7-11/h3-7,12H,2,8-10H2,1H3. The van der Waals surface area contributed by atoms with E-state index in [2.05, 4.69) is 0 Å². The molecule has 0 aromatic heterocycles. The smallest absolute Gasteiger partial charge is 0.325 e. The van der Waals surface area contributed by atoms with Crippen LogP contribution in [0.2, 0.25) is 0 Å². The Balaban J connectivity index is 1.98. The van der Waals surface area contributed by atoms with Crippen molar-refractivity contribution in [2.75, 3.05) is 19.9 Å². The Morgan fingerprint density at radius 1 is 1.47 bits per heavy atom. The van der Waals surface area contributed by atoms with Crippen LogP contribution in [0.25, 0.3) is 0 Å². The molecule has 0 saturated carbocycles. The van der Waals surface area contributed by atoms with Gasteiger partial charge < -0.3 is 9.47 Å². The third-order valence-electron chi connectivity index (χ3n) is 2.76. The molecule has 1 aliphatic heterocycles. The van der Waals surface area contributed by atoms with Gasteiger partial charge in [0.25, 0.3) is 0 Å². The van der Waals surface area contributed by atoms with Crippen molar-refractivity contribution in [3.05, 3.63) is 35.9 Å². The average molecular weight is 235 g/mol. The summed E-state index contributed by atoms with van der Waals surface area (Å²) in [5.41, 5.74) is 1.17. The van der Waals surface area contributed by atoms with Crippen LogP contribution in [-0.4, -0.2) is 36.9 Å². The molecule has 17 heavy (non-hydrogen) atoms. The first-order chi connectivity index (χ1) is 8.31. The van der Waals surface area contributed by atoms with Crippen molar-refractivity contribution >= 4 is 5.97 Å². The van der Waals surface area contributed by atoms with Crippen LogP contribution in [0.3, 0.4) is 0 Å². The van der Waals surface area contributed by atoms with Gasteiger partial charge in [-0.15, -0.1) is 0 Å². The van der Waals surface area contributed by atoms with Gasteiger partial charge in [0.2, 0.25) is 0 Å². The van der Waals surface area contributed by atoms with Gasteiger partial charge >= 0.3 is 5.97 Å². The van der Waals surface area contributed by atoms with Crippen molar-refractivity contribution in [1.82, 2.24) is 4.90 Å². The quantitative estimate of drug-likeness (QED) is 0.740. The average Bonchev–Trinajstić information content (AvgIpc) is 2.79. The first-order valence-electron chi connectivity index (χ1n) is 5.83. The summed E-state index contributed by atoms with van der Waals surface area (Å²) in [6.45, 7) is 3.85. The van der Waals surface area contributed by atoms with E-state index in [1.54, 1.807) is 0 Å². The van der Waals surface area contributed by atoms with E-state index >= 15 is 0 Å². The number of carbonyl (C=O) groups is 1. The minimum absolute atomic E-state index is 0.194. The molecule has 1 aromatic carbocycles. The van der Waals surface area contributed by atoms with Gasteiger partial charge in [-0.05, 0) is 12.5 Å². The van der Waals surface area contributed by atoms with Crippen molar-refractivity contribution in [2.24, 2.45) is 0 Å². The lowest BCUT2D eigenvalue weighted by atomic mass is 10.2. The van der Waals surface area contributed by atoms with Crippen LogP contribution in [-0.2, 0) is 20.8 Å². The molecule has 1 aliphatic rings. The summed E-state index contributed by atoms with van der Waals surface area (Å²) in [6, 6.07) is 9.78. The van der Waals surface area contributed by atoms with Crippen LogP contribution in [0.5, 0.6) is 0 Å². The molecular formula is C13H17NO3. The zero-order chi connectivity index (χ0) is 12.1. The molecule has 0 N–H and O–H groups in total. The van der Waals surface area contributed by atoms with Crippen molar-refractivity contribution in [2.45, 2.75) is 19.5 Å². The van der Waals surface area contributed by atoms with Gasteiger partial charge in [-0.3, -0.25) is 9.69 Å². The minimum atomic E-state index is -0.268. The van der Waals surface area contributed by atoms with Gasteiger partial charge in [-0.25, -0.2) is 0 Å². The third-order valence-corrected chi connectivity index (χ3v) is 2.76. The lowest BCUT2D eigenvalue weighted by molar-refractivity contribution is -0.148. The van der Waals surface area contributed by atoms with Crippen LogP contribution < -0.4 is 0 Å². The van der Waals surface area contributed by atoms with Crippen molar-refractivity contribution < 1.29 is 14.3 Å². The number of benzene rings is 1. The van der Waals surface area contributed by atoms with Crippen LogP contribution in [0, 0.1) is 0 Å². The van der Waals surface area contributed by atoms with E-state index in [4.69, 9.17) is 9.47 Å². The molecule has 0 aliphatic carbocycles. The monoisotopic (exact) mass is 235 g/mol. The lowest BCUT2D eigenvalue weighted by Crippen LogP contribution is -2.38. The zero-order valence-corrected chi connectivity index (χ0v) is 9.96. The van der Waals surface area contributed by atoms with Gasteiger partial charge in [-0.2, -0.15) is 0 Å². The predicted octanol–water partition coefficient (Wildman–Crippen LogP) is 1.41. The fraction of sp³-hybridized carbons (Fsp3) is 0.462. The maximum atomic E-state index is 11.7. The molecule has 1 aromatic rings. The van der Waals surface area contributed by atoms with E-state index in [9.17, 15) is 4.79 Å². The lowest BCUT2D eigenvalue weighted by Gasteiger charge is -2.20. The number of ether oxygens (including phenoxy) is 2.